The van der Waals surface area contributed by atoms with Crippen molar-refractivity contribution < 1.29 is 9.53 Å². The monoisotopic (exact) mass is 469 g/mol. The Bertz CT molecular complexity index is 1360. The molecule has 2 aromatic carbocycles. The molecule has 35 heavy (non-hydrogen) atoms. The third-order valence-corrected chi connectivity index (χ3v) is 6.64. The zero-order valence-electron chi connectivity index (χ0n) is 20.5. The second kappa shape index (κ2) is 9.88. The van der Waals surface area contributed by atoms with Crippen molar-refractivity contribution in [2.24, 2.45) is 0 Å². The van der Waals surface area contributed by atoms with Crippen molar-refractivity contribution in [1.82, 2.24) is 14.5 Å². The maximum Gasteiger partial charge on any atom is 0.236 e. The van der Waals surface area contributed by atoms with Crippen LogP contribution in [0.5, 0.6) is 0 Å². The van der Waals surface area contributed by atoms with Crippen LogP contribution in [0.2, 0.25) is 0 Å². The minimum atomic E-state index is -0.0562. The van der Waals surface area contributed by atoms with E-state index in [0.29, 0.717) is 18.9 Å². The lowest BCUT2D eigenvalue weighted by molar-refractivity contribution is -0.115. The summed E-state index contributed by atoms with van der Waals surface area (Å²) in [6.45, 7) is 4.57. The molecule has 7 nitrogen and oxygen atoms in total. The van der Waals surface area contributed by atoms with E-state index in [4.69, 9.17) is 14.7 Å². The zero-order valence-corrected chi connectivity index (χ0v) is 20.5. The Morgan fingerprint density at radius 2 is 1.97 bits per heavy atom. The molecule has 0 aliphatic heterocycles. The Labute approximate surface area is 205 Å². The van der Waals surface area contributed by atoms with Gasteiger partial charge in [-0.3, -0.25) is 9.36 Å². The number of methoxy groups -OCH3 is 1. The molecule has 0 spiro atoms. The Kier molecular flexibility index (Phi) is 6.51. The third kappa shape index (κ3) is 4.51. The third-order valence-electron chi connectivity index (χ3n) is 6.64. The second-order valence-electron chi connectivity index (χ2n) is 8.95. The van der Waals surface area contributed by atoms with Gasteiger partial charge in [-0.25, -0.2) is 4.98 Å². The molecule has 1 amide bonds. The van der Waals surface area contributed by atoms with Gasteiger partial charge < -0.3 is 15.4 Å². The number of aromatic nitrogens is 3. The zero-order chi connectivity index (χ0) is 24.4. The standard InChI is InChI=1S/C28H31N5O2/c1-4-25(34)30-22-13-9-14-23-21(22)16-18(2)33(23)28-31-26-20(12-8-15-24(26)35-3)27(32-28)29-17-19-10-6-5-7-11-19/h5-7,9-11,13-14,16,24H,4,8,12,15,17H2,1-3H3,(H,30,34)(H,29,31,32)/t24-/m0/s1. The Hall–Kier alpha value is -3.71. The fraction of sp³-hybridized carbons (Fsp3) is 0.321. The van der Waals surface area contributed by atoms with Gasteiger partial charge in [0.15, 0.2) is 0 Å². The normalized spacial score (nSPS) is 15.1. The number of carbonyl (C=O) groups is 1. The molecular weight excluding hydrogens is 438 g/mol. The highest BCUT2D eigenvalue weighted by Gasteiger charge is 2.27. The summed E-state index contributed by atoms with van der Waals surface area (Å²) in [6.07, 6.45) is 3.28. The fourth-order valence-electron chi connectivity index (χ4n) is 4.84. The van der Waals surface area contributed by atoms with Gasteiger partial charge in [0.1, 0.15) is 5.82 Å². The summed E-state index contributed by atoms with van der Waals surface area (Å²) in [4.78, 5) is 22.2. The van der Waals surface area contributed by atoms with Gasteiger partial charge in [0.05, 0.1) is 23.0 Å². The molecule has 4 aromatic rings. The first-order chi connectivity index (χ1) is 17.1. The molecule has 1 aliphatic carbocycles. The van der Waals surface area contributed by atoms with E-state index in [1.165, 1.54) is 5.56 Å². The van der Waals surface area contributed by atoms with Crippen LogP contribution >= 0.6 is 0 Å². The van der Waals surface area contributed by atoms with Crippen LogP contribution in [-0.2, 0) is 22.5 Å². The average molecular weight is 470 g/mol. The highest BCUT2D eigenvalue weighted by Crippen LogP contribution is 2.36. The number of anilines is 2. The molecule has 0 fully saturated rings. The summed E-state index contributed by atoms with van der Waals surface area (Å²) in [5.41, 5.74) is 6.03. The molecule has 5 rings (SSSR count). The highest BCUT2D eigenvalue weighted by atomic mass is 16.5. The molecule has 0 saturated carbocycles. The number of nitrogens with zero attached hydrogens (tertiary/aromatic N) is 3. The van der Waals surface area contributed by atoms with Crippen LogP contribution in [0.15, 0.2) is 54.6 Å². The van der Waals surface area contributed by atoms with Gasteiger partial charge in [-0.1, -0.05) is 43.3 Å². The van der Waals surface area contributed by atoms with Crippen LogP contribution in [0.4, 0.5) is 11.5 Å². The number of benzene rings is 2. The number of amides is 1. The summed E-state index contributed by atoms with van der Waals surface area (Å²) in [6, 6.07) is 18.3. The summed E-state index contributed by atoms with van der Waals surface area (Å²) in [5.74, 6) is 1.45. The smallest absolute Gasteiger partial charge is 0.236 e. The molecule has 1 atom stereocenters. The van der Waals surface area contributed by atoms with Crippen LogP contribution < -0.4 is 10.6 Å². The van der Waals surface area contributed by atoms with E-state index in [0.717, 1.165) is 58.6 Å². The maximum absolute atomic E-state index is 12.1. The van der Waals surface area contributed by atoms with E-state index < -0.39 is 0 Å². The molecule has 2 aromatic heterocycles. The molecule has 2 N–H and O–H groups in total. The lowest BCUT2D eigenvalue weighted by Crippen LogP contribution is -2.20. The average Bonchev–Trinajstić information content (AvgIpc) is 3.24. The number of nitrogens with one attached hydrogen (secondary N) is 2. The minimum Gasteiger partial charge on any atom is -0.375 e. The number of aryl methyl sites for hydroxylation is 1. The largest absolute Gasteiger partial charge is 0.375 e. The number of fused-ring (bicyclic) bond motifs is 2. The van der Waals surface area contributed by atoms with E-state index in [9.17, 15) is 4.79 Å². The summed E-state index contributed by atoms with van der Waals surface area (Å²) in [5, 5.41) is 7.56. The van der Waals surface area contributed by atoms with Crippen molar-refractivity contribution in [2.75, 3.05) is 17.7 Å². The minimum absolute atomic E-state index is 0.0109. The number of hydrogen-bond acceptors (Lipinski definition) is 5. The van der Waals surface area contributed by atoms with Crippen LogP contribution in [0, 0.1) is 6.92 Å². The Morgan fingerprint density at radius 1 is 1.14 bits per heavy atom. The van der Waals surface area contributed by atoms with Crippen molar-refractivity contribution in [3.05, 3.63) is 77.1 Å². The number of carbonyl (C=O) groups excluding carboxylic acids is 1. The summed E-state index contributed by atoms with van der Waals surface area (Å²) in [7, 11) is 1.75. The van der Waals surface area contributed by atoms with Crippen molar-refractivity contribution in [1.29, 1.82) is 0 Å². The first-order valence-corrected chi connectivity index (χ1v) is 12.2. The van der Waals surface area contributed by atoms with Crippen LogP contribution in [0.3, 0.4) is 0 Å². The van der Waals surface area contributed by atoms with E-state index in [1.807, 2.05) is 50.2 Å². The van der Waals surface area contributed by atoms with E-state index in [2.05, 4.69) is 33.4 Å². The van der Waals surface area contributed by atoms with Gasteiger partial charge in [-0.15, -0.1) is 0 Å². The highest BCUT2D eigenvalue weighted by molar-refractivity contribution is 6.02. The van der Waals surface area contributed by atoms with Gasteiger partial charge in [0.25, 0.3) is 0 Å². The number of rotatable bonds is 7. The van der Waals surface area contributed by atoms with E-state index >= 15 is 0 Å². The van der Waals surface area contributed by atoms with Gasteiger partial charge in [-0.05, 0) is 49.9 Å². The van der Waals surface area contributed by atoms with Crippen LogP contribution in [-0.4, -0.2) is 27.6 Å². The lowest BCUT2D eigenvalue weighted by atomic mass is 9.93. The first-order valence-electron chi connectivity index (χ1n) is 12.2. The van der Waals surface area contributed by atoms with Gasteiger partial charge >= 0.3 is 0 Å². The van der Waals surface area contributed by atoms with Gasteiger partial charge in [-0.2, -0.15) is 4.98 Å². The van der Waals surface area contributed by atoms with E-state index in [1.54, 1.807) is 7.11 Å². The van der Waals surface area contributed by atoms with Gasteiger partial charge in [0, 0.05) is 36.7 Å². The first kappa shape index (κ1) is 23.1. The molecule has 0 bridgehead atoms. The van der Waals surface area contributed by atoms with Crippen molar-refractivity contribution in [3.63, 3.8) is 0 Å². The SMILES string of the molecule is CCC(=O)Nc1cccc2c1cc(C)n2-c1nc(NCc2ccccc2)c2c(n1)[C@@H](OC)CCC2. The molecular formula is C28H31N5O2. The lowest BCUT2D eigenvalue weighted by Gasteiger charge is -2.26. The summed E-state index contributed by atoms with van der Waals surface area (Å²) < 4.78 is 7.89. The van der Waals surface area contributed by atoms with E-state index in [-0.39, 0.29) is 12.0 Å². The number of ether oxygens (including phenoxy) is 1. The predicted octanol–water partition coefficient (Wildman–Crippen LogP) is 5.71. The maximum atomic E-state index is 12.1. The molecule has 0 saturated heterocycles. The fourth-order valence-corrected chi connectivity index (χ4v) is 4.84. The molecule has 7 heteroatoms. The molecule has 0 unspecified atom stereocenters. The predicted molar refractivity (Wildman–Crippen MR) is 139 cm³/mol. The Balaban J connectivity index is 1.62. The number of hydrogen-bond donors (Lipinski definition) is 2. The summed E-state index contributed by atoms with van der Waals surface area (Å²) >= 11 is 0. The molecule has 2 heterocycles. The van der Waals surface area contributed by atoms with Crippen LogP contribution in [0.1, 0.15) is 54.8 Å². The van der Waals surface area contributed by atoms with Gasteiger partial charge in [0.2, 0.25) is 11.9 Å². The molecule has 1 aliphatic rings. The topological polar surface area (TPSA) is 81.1 Å². The van der Waals surface area contributed by atoms with Crippen molar-refractivity contribution in [3.8, 4) is 5.95 Å². The molecule has 180 valence electrons. The van der Waals surface area contributed by atoms with Crippen molar-refractivity contribution >= 4 is 28.3 Å². The van der Waals surface area contributed by atoms with Crippen molar-refractivity contribution in [2.45, 2.75) is 52.2 Å². The second-order valence-corrected chi connectivity index (χ2v) is 8.95. The van der Waals surface area contributed by atoms with Crippen LogP contribution in [0.25, 0.3) is 16.9 Å². The quantitative estimate of drug-likeness (QED) is 0.362. The Morgan fingerprint density at radius 3 is 2.74 bits per heavy atom. The molecule has 0 radical (unpaired) electrons.